The van der Waals surface area contributed by atoms with E-state index in [0.717, 1.165) is 6.54 Å². The zero-order chi connectivity index (χ0) is 20.6. The van der Waals surface area contributed by atoms with Crippen molar-refractivity contribution in [3.8, 4) is 6.07 Å². The molecule has 3 aromatic rings. The van der Waals surface area contributed by atoms with Gasteiger partial charge < -0.3 is 20.3 Å². The summed E-state index contributed by atoms with van der Waals surface area (Å²) in [5, 5.41) is 27.2. The van der Waals surface area contributed by atoms with Gasteiger partial charge in [0.25, 0.3) is 0 Å². The lowest BCUT2D eigenvalue weighted by molar-refractivity contribution is -0.0511. The number of hydrogen-bond donors (Lipinski definition) is 3. The molecule has 7 heteroatoms. The van der Waals surface area contributed by atoms with Crippen molar-refractivity contribution in [3.05, 3.63) is 47.8 Å². The molecule has 1 saturated carbocycles. The van der Waals surface area contributed by atoms with E-state index in [2.05, 4.69) is 56.4 Å². The number of aryl methyl sites for hydroxylation is 1. The smallest absolute Gasteiger partial charge is 0.224 e. The molecule has 0 aliphatic heterocycles. The number of benzene rings is 1. The van der Waals surface area contributed by atoms with Gasteiger partial charge in [-0.05, 0) is 30.9 Å². The molecule has 2 heterocycles. The Labute approximate surface area is 170 Å². The van der Waals surface area contributed by atoms with Crippen LogP contribution in [-0.2, 0) is 6.54 Å². The van der Waals surface area contributed by atoms with Crippen LogP contribution in [0.5, 0.6) is 0 Å². The van der Waals surface area contributed by atoms with E-state index in [1.54, 1.807) is 0 Å². The second-order valence-electron chi connectivity index (χ2n) is 8.26. The second kappa shape index (κ2) is 7.37. The molecule has 0 radical (unpaired) electrons. The van der Waals surface area contributed by atoms with E-state index in [1.165, 1.54) is 22.8 Å². The highest BCUT2D eigenvalue weighted by molar-refractivity contribution is 5.81. The summed E-state index contributed by atoms with van der Waals surface area (Å²) in [6.45, 7) is 7.57. The third kappa shape index (κ3) is 3.52. The van der Waals surface area contributed by atoms with Gasteiger partial charge in [-0.2, -0.15) is 10.2 Å². The molecule has 3 N–H and O–H groups in total. The van der Waals surface area contributed by atoms with Gasteiger partial charge in [-0.3, -0.25) is 0 Å². The number of aliphatic hydroxyl groups is 1. The molecule has 2 aromatic heterocycles. The maximum Gasteiger partial charge on any atom is 0.224 e. The lowest BCUT2D eigenvalue weighted by Crippen LogP contribution is -2.57. The topological polar surface area (TPSA) is 98.8 Å². The normalized spacial score (nSPS) is 20.1. The van der Waals surface area contributed by atoms with Gasteiger partial charge in [-0.15, -0.1) is 0 Å². The standard InChI is InChI=1S/C22H26N6O/c1-14-10-15-6-4-5-7-17(15)28(14)9-8-24-21-25-13-16(12-23)20(27-21)26-18-11-19(29)22(18,2)3/h4-7,10,13,18-19,29H,8-9,11H2,1-3H3,(H2,24,25,26,27)/t18-,19+/m1/s1. The Kier molecular flexibility index (Phi) is 4.89. The number of hydrogen-bond acceptors (Lipinski definition) is 6. The molecule has 150 valence electrons. The first-order valence-electron chi connectivity index (χ1n) is 9.90. The number of para-hydroxylation sites is 1. The van der Waals surface area contributed by atoms with Gasteiger partial charge >= 0.3 is 0 Å². The van der Waals surface area contributed by atoms with Crippen LogP contribution in [0.25, 0.3) is 10.9 Å². The van der Waals surface area contributed by atoms with Crippen molar-refractivity contribution in [2.24, 2.45) is 5.41 Å². The first-order valence-corrected chi connectivity index (χ1v) is 9.90. The van der Waals surface area contributed by atoms with Crippen LogP contribution in [0.3, 0.4) is 0 Å². The maximum absolute atomic E-state index is 9.96. The average molecular weight is 390 g/mol. The molecule has 1 aliphatic carbocycles. The fourth-order valence-corrected chi connectivity index (χ4v) is 3.90. The molecule has 0 spiro atoms. The summed E-state index contributed by atoms with van der Waals surface area (Å²) in [6.07, 6.45) is 1.84. The lowest BCUT2D eigenvalue weighted by atomic mass is 9.64. The molecule has 0 saturated heterocycles. The van der Waals surface area contributed by atoms with Crippen LogP contribution < -0.4 is 10.6 Å². The van der Waals surface area contributed by atoms with Crippen molar-refractivity contribution in [2.75, 3.05) is 17.2 Å². The number of fused-ring (bicyclic) bond motifs is 1. The van der Waals surface area contributed by atoms with Crippen LogP contribution in [-0.4, -0.2) is 38.3 Å². The monoisotopic (exact) mass is 390 g/mol. The zero-order valence-corrected chi connectivity index (χ0v) is 17.0. The van der Waals surface area contributed by atoms with Gasteiger partial charge in [0, 0.05) is 35.8 Å². The fraction of sp³-hybridized carbons (Fsp3) is 0.409. The van der Waals surface area contributed by atoms with Gasteiger partial charge in [0.05, 0.1) is 12.3 Å². The highest BCUT2D eigenvalue weighted by Crippen LogP contribution is 2.42. The van der Waals surface area contributed by atoms with E-state index in [-0.39, 0.29) is 17.6 Å². The SMILES string of the molecule is Cc1cc2ccccc2n1CCNc1ncc(C#N)c(N[C@@H]2C[C@H](O)C2(C)C)n1. The summed E-state index contributed by atoms with van der Waals surface area (Å²) in [5.41, 5.74) is 2.57. The highest BCUT2D eigenvalue weighted by Gasteiger charge is 2.47. The Morgan fingerprint density at radius 1 is 1.34 bits per heavy atom. The van der Waals surface area contributed by atoms with Gasteiger partial charge in [-0.1, -0.05) is 32.0 Å². The molecule has 2 atom stereocenters. The van der Waals surface area contributed by atoms with Crippen LogP contribution in [0.2, 0.25) is 0 Å². The Balaban J connectivity index is 1.45. The second-order valence-corrected chi connectivity index (χ2v) is 8.26. The highest BCUT2D eigenvalue weighted by atomic mass is 16.3. The molecule has 0 amide bonds. The van der Waals surface area contributed by atoms with E-state index in [1.807, 2.05) is 26.0 Å². The van der Waals surface area contributed by atoms with Gasteiger partial charge in [-0.25, -0.2) is 4.98 Å². The predicted molar refractivity (Wildman–Crippen MR) is 114 cm³/mol. The van der Waals surface area contributed by atoms with E-state index >= 15 is 0 Å². The van der Waals surface area contributed by atoms with E-state index < -0.39 is 0 Å². The molecule has 1 aromatic carbocycles. The average Bonchev–Trinajstić information content (AvgIpc) is 3.03. The summed E-state index contributed by atoms with van der Waals surface area (Å²) >= 11 is 0. The lowest BCUT2D eigenvalue weighted by Gasteiger charge is -2.49. The molecule has 7 nitrogen and oxygen atoms in total. The van der Waals surface area contributed by atoms with Gasteiger partial charge in [0.15, 0.2) is 0 Å². The Bertz CT molecular complexity index is 1080. The van der Waals surface area contributed by atoms with Crippen LogP contribution in [0.4, 0.5) is 11.8 Å². The van der Waals surface area contributed by atoms with Crippen molar-refractivity contribution in [2.45, 2.75) is 45.9 Å². The molecule has 1 fully saturated rings. The number of anilines is 2. The van der Waals surface area contributed by atoms with Crippen LogP contribution in [0.15, 0.2) is 36.5 Å². The first kappa shape index (κ1) is 19.2. The van der Waals surface area contributed by atoms with Crippen LogP contribution in [0.1, 0.15) is 31.5 Å². The summed E-state index contributed by atoms with van der Waals surface area (Å²) in [5.74, 6) is 0.996. The summed E-state index contributed by atoms with van der Waals surface area (Å²) in [6, 6.07) is 12.7. The van der Waals surface area contributed by atoms with Crippen molar-refractivity contribution >= 4 is 22.7 Å². The molecule has 0 unspecified atom stereocenters. The molecule has 0 bridgehead atoms. The van der Waals surface area contributed by atoms with Crippen molar-refractivity contribution in [1.29, 1.82) is 5.26 Å². The molecule has 29 heavy (non-hydrogen) atoms. The Morgan fingerprint density at radius 2 is 2.14 bits per heavy atom. The molecular formula is C22H26N6O. The maximum atomic E-state index is 9.96. The Hall–Kier alpha value is -3.11. The zero-order valence-electron chi connectivity index (χ0n) is 17.0. The minimum atomic E-state index is -0.343. The minimum absolute atomic E-state index is 0.0706. The Morgan fingerprint density at radius 3 is 2.86 bits per heavy atom. The number of nitrogens with one attached hydrogen (secondary N) is 2. The van der Waals surface area contributed by atoms with E-state index in [9.17, 15) is 10.4 Å². The molecular weight excluding hydrogens is 364 g/mol. The number of aromatic nitrogens is 3. The van der Waals surface area contributed by atoms with Crippen molar-refractivity contribution < 1.29 is 5.11 Å². The summed E-state index contributed by atoms with van der Waals surface area (Å²) in [7, 11) is 0. The number of nitriles is 1. The minimum Gasteiger partial charge on any atom is -0.392 e. The molecule has 1 aliphatic rings. The van der Waals surface area contributed by atoms with E-state index in [4.69, 9.17) is 0 Å². The van der Waals surface area contributed by atoms with Crippen molar-refractivity contribution in [1.82, 2.24) is 14.5 Å². The third-order valence-electron chi connectivity index (χ3n) is 6.07. The summed E-state index contributed by atoms with van der Waals surface area (Å²) < 4.78 is 2.27. The van der Waals surface area contributed by atoms with Crippen LogP contribution in [0, 0.1) is 23.7 Å². The first-order chi connectivity index (χ1) is 13.9. The number of aliphatic hydroxyl groups excluding tert-OH is 1. The molecule has 4 rings (SSSR count). The summed E-state index contributed by atoms with van der Waals surface area (Å²) in [4.78, 5) is 8.79. The number of rotatable bonds is 6. The van der Waals surface area contributed by atoms with Gasteiger partial charge in [0.1, 0.15) is 17.5 Å². The van der Waals surface area contributed by atoms with Crippen LogP contribution >= 0.6 is 0 Å². The van der Waals surface area contributed by atoms with Crippen molar-refractivity contribution in [3.63, 3.8) is 0 Å². The number of nitrogens with zero attached hydrogens (tertiary/aromatic N) is 4. The predicted octanol–water partition coefficient (Wildman–Crippen LogP) is 3.29. The largest absolute Gasteiger partial charge is 0.392 e. The quantitative estimate of drug-likeness (QED) is 0.597. The van der Waals surface area contributed by atoms with E-state index in [0.29, 0.717) is 30.3 Å². The third-order valence-corrected chi connectivity index (χ3v) is 6.07. The van der Waals surface area contributed by atoms with Gasteiger partial charge in [0.2, 0.25) is 5.95 Å². The fourth-order valence-electron chi connectivity index (χ4n) is 3.90.